The highest BCUT2D eigenvalue weighted by Crippen LogP contribution is 2.22. The fraction of sp³-hybridized carbons (Fsp3) is 0.235. The monoisotopic (exact) mass is 284 g/mol. The molecule has 3 heteroatoms. The van der Waals surface area contributed by atoms with Crippen molar-refractivity contribution in [1.29, 1.82) is 5.26 Å². The Labute approximate surface area is 125 Å². The van der Waals surface area contributed by atoms with Crippen LogP contribution in [0.4, 0.5) is 0 Å². The van der Waals surface area contributed by atoms with Crippen molar-refractivity contribution in [3.05, 3.63) is 70.2 Å². The maximum Gasteiger partial charge on any atom is 0.0991 e. The normalized spacial score (nSPS) is 11.8. The number of rotatable bonds is 5. The van der Waals surface area contributed by atoms with Crippen LogP contribution in [0.2, 0.25) is 5.02 Å². The molecule has 0 aromatic heterocycles. The van der Waals surface area contributed by atoms with Crippen LogP contribution in [0.5, 0.6) is 0 Å². The molecule has 0 unspecified atom stereocenters. The third-order valence-electron chi connectivity index (χ3n) is 3.33. The van der Waals surface area contributed by atoms with Gasteiger partial charge >= 0.3 is 0 Å². The first-order valence-electron chi connectivity index (χ1n) is 6.62. The third-order valence-corrected chi connectivity index (χ3v) is 3.58. The van der Waals surface area contributed by atoms with Crippen LogP contribution in [-0.4, -0.2) is 13.6 Å². The van der Waals surface area contributed by atoms with E-state index in [-0.39, 0.29) is 0 Å². The predicted molar refractivity (Wildman–Crippen MR) is 83.0 cm³/mol. The molecule has 0 saturated carbocycles. The van der Waals surface area contributed by atoms with Crippen molar-refractivity contribution in [3.63, 3.8) is 0 Å². The molecule has 0 heterocycles. The average molecular weight is 285 g/mol. The number of hydrogen-bond donors (Lipinski definition) is 1. The molecule has 0 radical (unpaired) electrons. The Hall–Kier alpha value is -1.82. The number of nitrogens with zero attached hydrogens (tertiary/aromatic N) is 1. The van der Waals surface area contributed by atoms with Gasteiger partial charge in [0.05, 0.1) is 11.6 Å². The Morgan fingerprint density at radius 3 is 2.60 bits per heavy atom. The van der Waals surface area contributed by atoms with Crippen molar-refractivity contribution in [2.24, 2.45) is 0 Å². The van der Waals surface area contributed by atoms with Crippen LogP contribution in [-0.2, 0) is 6.42 Å². The van der Waals surface area contributed by atoms with E-state index in [0.717, 1.165) is 18.0 Å². The van der Waals surface area contributed by atoms with Gasteiger partial charge in [-0.3, -0.25) is 0 Å². The zero-order valence-corrected chi connectivity index (χ0v) is 12.2. The smallest absolute Gasteiger partial charge is 0.0991 e. The van der Waals surface area contributed by atoms with Gasteiger partial charge in [0, 0.05) is 17.5 Å². The van der Waals surface area contributed by atoms with Gasteiger partial charge in [0.15, 0.2) is 0 Å². The van der Waals surface area contributed by atoms with Crippen LogP contribution in [0.1, 0.15) is 22.6 Å². The summed E-state index contributed by atoms with van der Waals surface area (Å²) in [6.07, 6.45) is 0.924. The fourth-order valence-electron chi connectivity index (χ4n) is 2.32. The average Bonchev–Trinajstić information content (AvgIpc) is 2.49. The van der Waals surface area contributed by atoms with E-state index in [1.54, 1.807) is 0 Å². The van der Waals surface area contributed by atoms with Gasteiger partial charge in [-0.2, -0.15) is 5.26 Å². The summed E-state index contributed by atoms with van der Waals surface area (Å²) in [5, 5.41) is 13.0. The molecule has 0 aliphatic carbocycles. The largest absolute Gasteiger partial charge is 0.319 e. The molecular formula is C17H17ClN2. The molecule has 1 N–H and O–H groups in total. The first-order chi connectivity index (χ1) is 9.72. The van der Waals surface area contributed by atoms with E-state index in [0.29, 0.717) is 11.5 Å². The minimum Gasteiger partial charge on any atom is -0.319 e. The highest BCUT2D eigenvalue weighted by atomic mass is 35.5. The molecule has 2 aromatic carbocycles. The van der Waals surface area contributed by atoms with E-state index in [4.69, 9.17) is 16.9 Å². The van der Waals surface area contributed by atoms with Gasteiger partial charge in [-0.15, -0.1) is 0 Å². The molecule has 0 bridgehead atoms. The second-order valence-electron chi connectivity index (χ2n) is 4.82. The van der Waals surface area contributed by atoms with E-state index in [9.17, 15) is 0 Å². The Morgan fingerprint density at radius 2 is 1.95 bits per heavy atom. The van der Waals surface area contributed by atoms with Gasteiger partial charge < -0.3 is 5.32 Å². The lowest BCUT2D eigenvalue weighted by molar-refractivity contribution is 0.625. The Balaban J connectivity index is 2.22. The topological polar surface area (TPSA) is 35.8 Å². The zero-order valence-electron chi connectivity index (χ0n) is 11.4. The Bertz CT molecular complexity index is 599. The van der Waals surface area contributed by atoms with Crippen LogP contribution < -0.4 is 5.32 Å². The lowest BCUT2D eigenvalue weighted by Gasteiger charge is -2.17. The third kappa shape index (κ3) is 3.84. The predicted octanol–water partition coefficient (Wildman–Crippen LogP) is 3.76. The van der Waals surface area contributed by atoms with E-state index in [2.05, 4.69) is 29.6 Å². The van der Waals surface area contributed by atoms with Crippen LogP contribution in [0.25, 0.3) is 0 Å². The second kappa shape index (κ2) is 7.09. The van der Waals surface area contributed by atoms with Crippen LogP contribution >= 0.6 is 11.6 Å². The summed E-state index contributed by atoms with van der Waals surface area (Å²) in [4.78, 5) is 0. The number of likely N-dealkylation sites (N-methyl/N-ethyl adjacent to an activating group) is 1. The number of nitrogens with one attached hydrogen (secondary N) is 1. The summed E-state index contributed by atoms with van der Waals surface area (Å²) >= 11 is 5.92. The molecule has 102 valence electrons. The number of benzene rings is 2. The standard InChI is InChI=1S/C17H17ClN2/c1-20-12-16(9-13-5-7-17(18)8-6-13)15-4-2-3-14(10-15)11-19/h2-8,10,16,20H,9,12H2,1H3/t16-/m1/s1. The van der Waals surface area contributed by atoms with Gasteiger partial charge in [0.25, 0.3) is 0 Å². The fourth-order valence-corrected chi connectivity index (χ4v) is 2.45. The number of nitriles is 1. The van der Waals surface area contributed by atoms with Gasteiger partial charge in [-0.1, -0.05) is 35.9 Å². The maximum absolute atomic E-state index is 9.01. The van der Waals surface area contributed by atoms with E-state index in [1.165, 1.54) is 11.1 Å². The SMILES string of the molecule is CNC[C@@H](Cc1ccc(Cl)cc1)c1cccc(C#N)c1. The van der Waals surface area contributed by atoms with Crippen molar-refractivity contribution in [1.82, 2.24) is 5.32 Å². The second-order valence-corrected chi connectivity index (χ2v) is 5.26. The lowest BCUT2D eigenvalue weighted by Crippen LogP contribution is -2.19. The minimum absolute atomic E-state index is 0.342. The van der Waals surface area contributed by atoms with E-state index >= 15 is 0 Å². The zero-order chi connectivity index (χ0) is 14.4. The van der Waals surface area contributed by atoms with Crippen molar-refractivity contribution in [3.8, 4) is 6.07 Å². The van der Waals surface area contributed by atoms with Gasteiger partial charge in [-0.25, -0.2) is 0 Å². The maximum atomic E-state index is 9.01. The number of halogens is 1. The first-order valence-corrected chi connectivity index (χ1v) is 7.00. The molecule has 0 spiro atoms. The molecule has 1 atom stereocenters. The van der Waals surface area contributed by atoms with E-state index in [1.807, 2.05) is 37.4 Å². The quantitative estimate of drug-likeness (QED) is 0.907. The molecule has 20 heavy (non-hydrogen) atoms. The molecule has 0 aliphatic heterocycles. The Kier molecular flexibility index (Phi) is 5.17. The molecule has 0 fully saturated rings. The van der Waals surface area contributed by atoms with Crippen molar-refractivity contribution in [2.75, 3.05) is 13.6 Å². The van der Waals surface area contributed by atoms with E-state index < -0.39 is 0 Å². The first kappa shape index (κ1) is 14.6. The van der Waals surface area contributed by atoms with Crippen molar-refractivity contribution >= 4 is 11.6 Å². The van der Waals surface area contributed by atoms with Crippen molar-refractivity contribution in [2.45, 2.75) is 12.3 Å². The highest BCUT2D eigenvalue weighted by Gasteiger charge is 2.12. The van der Waals surface area contributed by atoms with Gasteiger partial charge in [-0.05, 0) is 48.9 Å². The summed E-state index contributed by atoms with van der Waals surface area (Å²) in [7, 11) is 1.95. The van der Waals surface area contributed by atoms with Crippen molar-refractivity contribution < 1.29 is 0 Å². The molecule has 2 rings (SSSR count). The minimum atomic E-state index is 0.342. The van der Waals surface area contributed by atoms with Crippen LogP contribution in [0, 0.1) is 11.3 Å². The highest BCUT2D eigenvalue weighted by molar-refractivity contribution is 6.30. The molecule has 2 nitrogen and oxygen atoms in total. The summed E-state index contributed by atoms with van der Waals surface area (Å²) in [5.41, 5.74) is 3.14. The molecule has 0 saturated heterocycles. The van der Waals surface area contributed by atoms with Gasteiger partial charge in [0.1, 0.15) is 0 Å². The summed E-state index contributed by atoms with van der Waals surface area (Å²) < 4.78 is 0. The lowest BCUT2D eigenvalue weighted by atomic mass is 9.91. The Morgan fingerprint density at radius 1 is 1.20 bits per heavy atom. The summed E-state index contributed by atoms with van der Waals surface area (Å²) in [6, 6.07) is 18.0. The van der Waals surface area contributed by atoms with Crippen LogP contribution in [0.3, 0.4) is 0 Å². The summed E-state index contributed by atoms with van der Waals surface area (Å²) in [5.74, 6) is 0.342. The van der Waals surface area contributed by atoms with Crippen LogP contribution in [0.15, 0.2) is 48.5 Å². The number of hydrogen-bond acceptors (Lipinski definition) is 2. The van der Waals surface area contributed by atoms with Gasteiger partial charge in [0.2, 0.25) is 0 Å². The molecular weight excluding hydrogens is 268 g/mol. The summed E-state index contributed by atoms with van der Waals surface area (Å²) in [6.45, 7) is 0.873. The molecule has 2 aromatic rings. The molecule has 0 amide bonds. The molecule has 0 aliphatic rings.